The summed E-state index contributed by atoms with van der Waals surface area (Å²) in [5.74, 6) is 0.143. The Balaban J connectivity index is 1.26. The molecule has 4 aromatic rings. The molecule has 0 fully saturated rings. The topological polar surface area (TPSA) is 51.0 Å². The quantitative estimate of drug-likeness (QED) is 0.406. The number of pyridine rings is 1. The van der Waals surface area contributed by atoms with E-state index in [1.807, 2.05) is 48.0 Å². The second-order valence-electron chi connectivity index (χ2n) is 8.22. The average molecular weight is 423 g/mol. The molecule has 0 spiro atoms. The molecule has 0 atom stereocenters. The van der Waals surface area contributed by atoms with Gasteiger partial charge < -0.3 is 0 Å². The predicted octanol–water partition coefficient (Wildman–Crippen LogP) is 5.09. The molecule has 5 heteroatoms. The molecule has 5 nitrogen and oxygen atoms in total. The van der Waals surface area contributed by atoms with E-state index in [2.05, 4.69) is 45.3 Å². The minimum absolute atomic E-state index is 0.143. The molecule has 3 heterocycles. The van der Waals surface area contributed by atoms with Crippen LogP contribution in [0, 0.1) is 6.92 Å². The number of rotatable bonds is 6. The fourth-order valence-electron chi connectivity index (χ4n) is 4.41. The van der Waals surface area contributed by atoms with Crippen LogP contribution < -0.4 is 0 Å². The first-order chi connectivity index (χ1) is 15.7. The van der Waals surface area contributed by atoms with Gasteiger partial charge >= 0.3 is 0 Å². The lowest BCUT2D eigenvalue weighted by atomic mass is 9.99. The van der Waals surface area contributed by atoms with Crippen molar-refractivity contribution in [3.8, 4) is 5.69 Å². The SMILES string of the molecule is Cc1c(C(=O)CCN2CC=C(c3ccccc3)CC2)cnn1-c1ccnc2ccccc12. The molecule has 160 valence electrons. The van der Waals surface area contributed by atoms with Crippen molar-refractivity contribution in [1.82, 2.24) is 19.7 Å². The van der Waals surface area contributed by atoms with Crippen molar-refractivity contribution in [2.24, 2.45) is 0 Å². The second-order valence-corrected chi connectivity index (χ2v) is 8.22. The van der Waals surface area contributed by atoms with Crippen LogP contribution in [0.5, 0.6) is 0 Å². The Bertz CT molecular complexity index is 1280. The smallest absolute Gasteiger partial charge is 0.167 e. The Morgan fingerprint density at radius 1 is 1.03 bits per heavy atom. The number of carbonyl (C=O) groups excluding carboxylic acids is 1. The number of hydrogen-bond acceptors (Lipinski definition) is 4. The van der Waals surface area contributed by atoms with Crippen LogP contribution in [-0.2, 0) is 0 Å². The third kappa shape index (κ3) is 3.99. The molecule has 0 N–H and O–H groups in total. The van der Waals surface area contributed by atoms with E-state index >= 15 is 0 Å². The molecular formula is C27H26N4O. The minimum atomic E-state index is 0.143. The average Bonchev–Trinajstić information content (AvgIpc) is 3.24. The molecule has 2 aromatic carbocycles. The second kappa shape index (κ2) is 8.89. The summed E-state index contributed by atoms with van der Waals surface area (Å²) >= 11 is 0. The van der Waals surface area contributed by atoms with Crippen molar-refractivity contribution in [2.75, 3.05) is 19.6 Å². The van der Waals surface area contributed by atoms with Gasteiger partial charge in [0, 0.05) is 37.6 Å². The molecule has 0 saturated carbocycles. The molecule has 0 amide bonds. The summed E-state index contributed by atoms with van der Waals surface area (Å²) in [6.07, 6.45) is 7.30. The normalized spacial score (nSPS) is 14.5. The number of Topliss-reactive ketones (excluding diaryl/α,β-unsaturated/α-hetero) is 1. The van der Waals surface area contributed by atoms with Gasteiger partial charge in [-0.2, -0.15) is 5.10 Å². The summed E-state index contributed by atoms with van der Waals surface area (Å²) in [6, 6.07) is 20.5. The van der Waals surface area contributed by atoms with Crippen LogP contribution in [0.3, 0.4) is 0 Å². The van der Waals surface area contributed by atoms with Gasteiger partial charge in [-0.3, -0.25) is 14.7 Å². The van der Waals surface area contributed by atoms with Crippen LogP contribution in [0.25, 0.3) is 22.2 Å². The highest BCUT2D eigenvalue weighted by atomic mass is 16.1. The zero-order valence-electron chi connectivity index (χ0n) is 18.2. The van der Waals surface area contributed by atoms with Crippen LogP contribution in [0.1, 0.15) is 34.5 Å². The molecule has 1 aliphatic rings. The summed E-state index contributed by atoms with van der Waals surface area (Å²) in [6.45, 7) is 4.60. The van der Waals surface area contributed by atoms with Crippen molar-refractivity contribution >= 4 is 22.3 Å². The molecule has 0 saturated heterocycles. The highest BCUT2D eigenvalue weighted by molar-refractivity contribution is 5.97. The first-order valence-corrected chi connectivity index (χ1v) is 11.1. The Kier molecular flexibility index (Phi) is 5.65. The molecule has 0 radical (unpaired) electrons. The van der Waals surface area contributed by atoms with Crippen LogP contribution in [0.15, 0.2) is 79.1 Å². The number of nitrogens with zero attached hydrogens (tertiary/aromatic N) is 4. The molecule has 32 heavy (non-hydrogen) atoms. The van der Waals surface area contributed by atoms with E-state index < -0.39 is 0 Å². The van der Waals surface area contributed by atoms with E-state index in [1.165, 1.54) is 11.1 Å². The van der Waals surface area contributed by atoms with Gasteiger partial charge in [-0.15, -0.1) is 0 Å². The van der Waals surface area contributed by atoms with Crippen LogP contribution in [-0.4, -0.2) is 45.1 Å². The van der Waals surface area contributed by atoms with E-state index in [-0.39, 0.29) is 5.78 Å². The molecule has 0 aliphatic carbocycles. The van der Waals surface area contributed by atoms with Crippen LogP contribution >= 0.6 is 0 Å². The maximum Gasteiger partial charge on any atom is 0.167 e. The fourth-order valence-corrected chi connectivity index (χ4v) is 4.41. The van der Waals surface area contributed by atoms with Crippen molar-refractivity contribution in [3.63, 3.8) is 0 Å². The monoisotopic (exact) mass is 422 g/mol. The Hall–Kier alpha value is -3.57. The number of ketones is 1. The van der Waals surface area contributed by atoms with E-state index in [0.29, 0.717) is 12.0 Å². The van der Waals surface area contributed by atoms with Crippen molar-refractivity contribution in [3.05, 3.63) is 96.0 Å². The van der Waals surface area contributed by atoms with Crippen LogP contribution in [0.4, 0.5) is 0 Å². The lowest BCUT2D eigenvalue weighted by Gasteiger charge is -2.26. The summed E-state index contributed by atoms with van der Waals surface area (Å²) < 4.78 is 1.85. The van der Waals surface area contributed by atoms with Crippen molar-refractivity contribution in [2.45, 2.75) is 19.8 Å². The number of carbonyl (C=O) groups is 1. The number of hydrogen-bond donors (Lipinski definition) is 0. The van der Waals surface area contributed by atoms with Crippen LogP contribution in [0.2, 0.25) is 0 Å². The van der Waals surface area contributed by atoms with Gasteiger partial charge in [-0.25, -0.2) is 4.68 Å². The summed E-state index contributed by atoms with van der Waals surface area (Å²) in [5, 5.41) is 5.56. The third-order valence-electron chi connectivity index (χ3n) is 6.26. The lowest BCUT2D eigenvalue weighted by Crippen LogP contribution is -2.30. The molecule has 2 aromatic heterocycles. The van der Waals surface area contributed by atoms with E-state index in [4.69, 9.17) is 0 Å². The first-order valence-electron chi connectivity index (χ1n) is 11.1. The van der Waals surface area contributed by atoms with Gasteiger partial charge in [-0.05, 0) is 36.6 Å². The largest absolute Gasteiger partial charge is 0.299 e. The predicted molar refractivity (Wildman–Crippen MR) is 128 cm³/mol. The van der Waals surface area contributed by atoms with Gasteiger partial charge in [0.2, 0.25) is 0 Å². The van der Waals surface area contributed by atoms with E-state index in [1.54, 1.807) is 12.4 Å². The molecule has 5 rings (SSSR count). The minimum Gasteiger partial charge on any atom is -0.299 e. The summed E-state index contributed by atoms with van der Waals surface area (Å²) in [7, 11) is 0. The van der Waals surface area contributed by atoms with Gasteiger partial charge in [0.25, 0.3) is 0 Å². The van der Waals surface area contributed by atoms with Gasteiger partial charge in [0.15, 0.2) is 5.78 Å². The fraction of sp³-hybridized carbons (Fsp3) is 0.222. The third-order valence-corrected chi connectivity index (χ3v) is 6.26. The molecular weight excluding hydrogens is 396 g/mol. The molecule has 0 unspecified atom stereocenters. The van der Waals surface area contributed by atoms with E-state index in [0.717, 1.165) is 48.3 Å². The number of aromatic nitrogens is 3. The van der Waals surface area contributed by atoms with E-state index in [9.17, 15) is 4.79 Å². The molecule has 0 bridgehead atoms. The zero-order chi connectivity index (χ0) is 21.9. The maximum absolute atomic E-state index is 13.0. The number of para-hydroxylation sites is 1. The summed E-state index contributed by atoms with van der Waals surface area (Å²) in [4.78, 5) is 19.8. The highest BCUT2D eigenvalue weighted by Crippen LogP contribution is 2.24. The maximum atomic E-state index is 13.0. The van der Waals surface area contributed by atoms with Crippen molar-refractivity contribution < 1.29 is 4.79 Å². The Morgan fingerprint density at radius 3 is 2.66 bits per heavy atom. The number of fused-ring (bicyclic) bond motifs is 1. The lowest BCUT2D eigenvalue weighted by molar-refractivity contribution is 0.0966. The standard InChI is InChI=1S/C27H26N4O/c1-20-24(19-29-31(20)26-11-15-28-25-10-6-5-9-23(25)26)27(32)14-18-30-16-12-22(13-17-30)21-7-3-2-4-8-21/h2-12,15,19H,13-14,16-18H2,1H3. The first kappa shape index (κ1) is 20.3. The van der Waals surface area contributed by atoms with Gasteiger partial charge in [-0.1, -0.05) is 54.6 Å². The van der Waals surface area contributed by atoms with Crippen molar-refractivity contribution in [1.29, 1.82) is 0 Å². The van der Waals surface area contributed by atoms with Gasteiger partial charge in [0.05, 0.1) is 28.7 Å². The zero-order valence-corrected chi connectivity index (χ0v) is 18.2. The molecule has 1 aliphatic heterocycles. The summed E-state index contributed by atoms with van der Waals surface area (Å²) in [5.41, 5.74) is 6.13. The van der Waals surface area contributed by atoms with Gasteiger partial charge in [0.1, 0.15) is 0 Å². The highest BCUT2D eigenvalue weighted by Gasteiger charge is 2.19. The Morgan fingerprint density at radius 2 is 1.84 bits per heavy atom. The number of benzene rings is 2. The Labute approximate surface area is 188 Å².